The van der Waals surface area contributed by atoms with Crippen molar-refractivity contribution >= 4 is 5.65 Å². The van der Waals surface area contributed by atoms with Gasteiger partial charge in [-0.05, 0) is 49.2 Å². The minimum Gasteiger partial charge on any atom is -0.487 e. The minimum atomic E-state index is -0.0946. The van der Waals surface area contributed by atoms with Crippen LogP contribution in [-0.4, -0.2) is 9.38 Å². The van der Waals surface area contributed by atoms with Crippen molar-refractivity contribution < 1.29 is 4.74 Å². The van der Waals surface area contributed by atoms with Crippen LogP contribution < -0.4 is 10.3 Å². The Morgan fingerprint density at radius 2 is 1.90 bits per heavy atom. The van der Waals surface area contributed by atoms with E-state index in [9.17, 15) is 4.79 Å². The first-order valence-corrected chi connectivity index (χ1v) is 6.80. The number of hydrogen-bond acceptors (Lipinski definition) is 3. The predicted molar refractivity (Wildman–Crippen MR) is 81.7 cm³/mol. The topological polar surface area (TPSA) is 43.6 Å². The Bertz CT molecular complexity index is 853. The van der Waals surface area contributed by atoms with Crippen LogP contribution in [0.4, 0.5) is 0 Å². The minimum absolute atomic E-state index is 0.0946. The molecular formula is C17H16N2O2. The second-order valence-electron chi connectivity index (χ2n) is 5.12. The Kier molecular flexibility index (Phi) is 3.44. The number of pyridine rings is 1. The maximum absolute atomic E-state index is 12.0. The highest BCUT2D eigenvalue weighted by Crippen LogP contribution is 2.14. The average molecular weight is 280 g/mol. The Labute approximate surface area is 122 Å². The fourth-order valence-corrected chi connectivity index (χ4v) is 2.19. The highest BCUT2D eigenvalue weighted by Gasteiger charge is 2.04. The molecule has 0 fully saturated rings. The predicted octanol–water partition coefficient (Wildman–Crippen LogP) is 2.89. The lowest BCUT2D eigenvalue weighted by Gasteiger charge is -2.08. The monoisotopic (exact) mass is 280 g/mol. The van der Waals surface area contributed by atoms with Crippen LogP contribution in [0, 0.1) is 13.8 Å². The Hall–Kier alpha value is -2.62. The molecule has 2 aromatic heterocycles. The molecule has 0 aliphatic carbocycles. The third kappa shape index (κ3) is 2.94. The van der Waals surface area contributed by atoms with E-state index in [-0.39, 0.29) is 12.2 Å². The number of fused-ring (bicyclic) bond motifs is 1. The van der Waals surface area contributed by atoms with E-state index in [0.717, 1.165) is 16.9 Å². The molecule has 4 nitrogen and oxygen atoms in total. The van der Waals surface area contributed by atoms with Crippen LogP contribution in [0.5, 0.6) is 5.75 Å². The molecule has 1 aromatic carbocycles. The highest BCUT2D eigenvalue weighted by atomic mass is 16.5. The summed E-state index contributed by atoms with van der Waals surface area (Å²) in [7, 11) is 0. The molecule has 0 bridgehead atoms. The molecule has 2 heterocycles. The van der Waals surface area contributed by atoms with Crippen molar-refractivity contribution in [3.05, 3.63) is 75.8 Å². The molecule has 0 unspecified atom stereocenters. The molecule has 0 saturated heterocycles. The van der Waals surface area contributed by atoms with Crippen molar-refractivity contribution in [3.8, 4) is 5.75 Å². The van der Waals surface area contributed by atoms with Crippen LogP contribution in [0.1, 0.15) is 16.8 Å². The third-order valence-corrected chi connectivity index (χ3v) is 3.25. The van der Waals surface area contributed by atoms with E-state index in [1.54, 1.807) is 6.20 Å². The van der Waals surface area contributed by atoms with E-state index in [2.05, 4.69) is 4.98 Å². The maximum atomic E-state index is 12.0. The van der Waals surface area contributed by atoms with Crippen molar-refractivity contribution in [1.29, 1.82) is 0 Å². The lowest BCUT2D eigenvalue weighted by atomic mass is 10.2. The van der Waals surface area contributed by atoms with Gasteiger partial charge in [0.05, 0.1) is 5.69 Å². The van der Waals surface area contributed by atoms with Crippen LogP contribution in [0.15, 0.2) is 53.5 Å². The average Bonchev–Trinajstić information content (AvgIpc) is 2.45. The molecule has 21 heavy (non-hydrogen) atoms. The van der Waals surface area contributed by atoms with Crippen LogP contribution in [0.25, 0.3) is 5.65 Å². The molecule has 0 saturated carbocycles. The summed E-state index contributed by atoms with van der Waals surface area (Å²) in [5, 5.41) is 0. The van der Waals surface area contributed by atoms with Gasteiger partial charge in [-0.3, -0.25) is 9.20 Å². The van der Waals surface area contributed by atoms with E-state index in [4.69, 9.17) is 4.74 Å². The van der Waals surface area contributed by atoms with Gasteiger partial charge in [0.25, 0.3) is 5.56 Å². The molecule has 0 atom stereocenters. The van der Waals surface area contributed by atoms with Gasteiger partial charge in [0, 0.05) is 12.3 Å². The quantitative estimate of drug-likeness (QED) is 0.741. The zero-order chi connectivity index (χ0) is 14.8. The summed E-state index contributed by atoms with van der Waals surface area (Å²) in [6.07, 6.45) is 1.74. The molecule has 3 rings (SSSR count). The summed E-state index contributed by atoms with van der Waals surface area (Å²) in [4.78, 5) is 16.5. The summed E-state index contributed by atoms with van der Waals surface area (Å²) in [6, 6.07) is 13.1. The third-order valence-electron chi connectivity index (χ3n) is 3.25. The SMILES string of the molecule is Cc1cccc(OCc2cc(=O)n3ccc(C)cc3n2)c1. The van der Waals surface area contributed by atoms with Crippen molar-refractivity contribution in [2.24, 2.45) is 0 Å². The number of aromatic nitrogens is 2. The molecule has 0 spiro atoms. The van der Waals surface area contributed by atoms with Gasteiger partial charge in [-0.25, -0.2) is 4.98 Å². The summed E-state index contributed by atoms with van der Waals surface area (Å²) in [5.41, 5.74) is 3.38. The molecule has 4 heteroatoms. The van der Waals surface area contributed by atoms with Gasteiger partial charge < -0.3 is 4.74 Å². The van der Waals surface area contributed by atoms with E-state index in [1.807, 2.05) is 50.2 Å². The van der Waals surface area contributed by atoms with E-state index in [0.29, 0.717) is 11.3 Å². The molecule has 0 radical (unpaired) electrons. The molecule has 0 N–H and O–H groups in total. The van der Waals surface area contributed by atoms with Crippen molar-refractivity contribution in [2.75, 3.05) is 0 Å². The molecule has 106 valence electrons. The van der Waals surface area contributed by atoms with Gasteiger partial charge in [0.1, 0.15) is 18.0 Å². The number of benzene rings is 1. The lowest BCUT2D eigenvalue weighted by Crippen LogP contribution is -2.16. The van der Waals surface area contributed by atoms with Gasteiger partial charge >= 0.3 is 0 Å². The lowest BCUT2D eigenvalue weighted by molar-refractivity contribution is 0.301. The first-order chi connectivity index (χ1) is 10.1. The van der Waals surface area contributed by atoms with Gasteiger partial charge in [0.2, 0.25) is 0 Å². The van der Waals surface area contributed by atoms with Crippen LogP contribution in [0.2, 0.25) is 0 Å². The first kappa shape index (κ1) is 13.4. The standard InChI is InChI=1S/C17H16N2O2/c1-12-4-3-5-15(8-12)21-11-14-10-17(20)19-7-6-13(2)9-16(19)18-14/h3-10H,11H2,1-2H3. The second kappa shape index (κ2) is 5.40. The number of nitrogens with zero attached hydrogens (tertiary/aromatic N) is 2. The first-order valence-electron chi connectivity index (χ1n) is 6.80. The fourth-order valence-electron chi connectivity index (χ4n) is 2.19. The molecule has 0 aliphatic rings. The Morgan fingerprint density at radius 1 is 1.10 bits per heavy atom. The summed E-state index contributed by atoms with van der Waals surface area (Å²) in [6.45, 7) is 4.27. The summed E-state index contributed by atoms with van der Waals surface area (Å²) >= 11 is 0. The van der Waals surface area contributed by atoms with Crippen molar-refractivity contribution in [3.63, 3.8) is 0 Å². The number of hydrogen-bond donors (Lipinski definition) is 0. The number of ether oxygens (including phenoxy) is 1. The largest absolute Gasteiger partial charge is 0.487 e. The second-order valence-corrected chi connectivity index (χ2v) is 5.12. The zero-order valence-electron chi connectivity index (χ0n) is 12.0. The van der Waals surface area contributed by atoms with Crippen molar-refractivity contribution in [1.82, 2.24) is 9.38 Å². The van der Waals surface area contributed by atoms with Gasteiger partial charge in [-0.1, -0.05) is 12.1 Å². The van der Waals surface area contributed by atoms with Crippen molar-refractivity contribution in [2.45, 2.75) is 20.5 Å². The highest BCUT2D eigenvalue weighted by molar-refractivity contribution is 5.41. The Morgan fingerprint density at radius 3 is 2.71 bits per heavy atom. The van der Waals surface area contributed by atoms with Gasteiger partial charge in [0.15, 0.2) is 0 Å². The van der Waals surface area contributed by atoms with Crippen LogP contribution in [-0.2, 0) is 6.61 Å². The molecular weight excluding hydrogens is 264 g/mol. The molecule has 0 aliphatic heterocycles. The number of aryl methyl sites for hydroxylation is 2. The molecule has 3 aromatic rings. The van der Waals surface area contributed by atoms with Gasteiger partial charge in [-0.2, -0.15) is 0 Å². The van der Waals surface area contributed by atoms with E-state index < -0.39 is 0 Å². The fraction of sp³-hybridized carbons (Fsp3) is 0.176. The van der Waals surface area contributed by atoms with E-state index in [1.165, 1.54) is 10.5 Å². The Balaban J connectivity index is 1.89. The van der Waals surface area contributed by atoms with Crippen LogP contribution in [0.3, 0.4) is 0 Å². The summed E-state index contributed by atoms with van der Waals surface area (Å²) in [5.74, 6) is 0.779. The van der Waals surface area contributed by atoms with E-state index >= 15 is 0 Å². The normalized spacial score (nSPS) is 10.8. The maximum Gasteiger partial charge on any atom is 0.258 e. The molecule has 0 amide bonds. The zero-order valence-corrected chi connectivity index (χ0v) is 12.0. The number of rotatable bonds is 3. The smallest absolute Gasteiger partial charge is 0.258 e. The van der Waals surface area contributed by atoms with Gasteiger partial charge in [-0.15, -0.1) is 0 Å². The van der Waals surface area contributed by atoms with Crippen LogP contribution >= 0.6 is 0 Å². The summed E-state index contributed by atoms with van der Waals surface area (Å²) < 4.78 is 7.23.